The monoisotopic (exact) mass is 143 g/mol. The van der Waals surface area contributed by atoms with E-state index in [1.54, 1.807) is 6.29 Å². The normalized spacial score (nSPS) is 11.8. The summed E-state index contributed by atoms with van der Waals surface area (Å²) in [6.45, 7) is 2.59. The molecule has 0 radical (unpaired) electrons. The highest BCUT2D eigenvalue weighted by Crippen LogP contribution is 1.85. The summed E-state index contributed by atoms with van der Waals surface area (Å²) in [5.74, 6) is 0. The zero-order chi connectivity index (χ0) is 7.66. The Morgan fingerprint density at radius 3 is 2.90 bits per heavy atom. The number of hydrogen-bond acceptors (Lipinski definition) is 1. The fourth-order valence-corrected chi connectivity index (χ4v) is 0.495. The maximum absolute atomic E-state index is 8.30. The highest BCUT2D eigenvalue weighted by atomic mass is 16.4. The topological polar surface area (TPSA) is 31.5 Å². The van der Waals surface area contributed by atoms with Gasteiger partial charge in [0.05, 0.1) is 0 Å². The van der Waals surface area contributed by atoms with Crippen LogP contribution in [-0.4, -0.2) is 24.6 Å². The molecule has 0 heterocycles. The van der Waals surface area contributed by atoms with Crippen molar-refractivity contribution in [3.05, 3.63) is 12.2 Å². The lowest BCUT2D eigenvalue weighted by Gasteiger charge is -1.76. The van der Waals surface area contributed by atoms with Gasteiger partial charge in [0.15, 0.2) is 0 Å². The van der Waals surface area contributed by atoms with Crippen LogP contribution in [-0.2, 0) is 4.42 Å². The van der Waals surface area contributed by atoms with Crippen LogP contribution in [0, 0.1) is 0 Å². The summed E-state index contributed by atoms with van der Waals surface area (Å²) in [6.07, 6.45) is 7.74. The zero-order valence-electron chi connectivity index (χ0n) is 6.42. The van der Waals surface area contributed by atoms with E-state index in [1.807, 2.05) is 12.2 Å². The molecule has 0 rings (SSSR count). The van der Waals surface area contributed by atoms with Crippen molar-refractivity contribution in [2.45, 2.75) is 19.8 Å². The van der Waals surface area contributed by atoms with Crippen molar-refractivity contribution < 1.29 is 9.53 Å². The average Bonchev–Trinajstić information content (AvgIpc) is 1.97. The van der Waals surface area contributed by atoms with E-state index in [0.717, 1.165) is 12.8 Å². The predicted octanol–water partition coefficient (Wildman–Crippen LogP) is 1.07. The van der Waals surface area contributed by atoms with Crippen molar-refractivity contribution in [3.63, 3.8) is 0 Å². The Morgan fingerprint density at radius 2 is 2.30 bits per heavy atom. The van der Waals surface area contributed by atoms with Crippen LogP contribution in [0.25, 0.3) is 0 Å². The Hall–Kier alpha value is -0.630. The second-order valence-corrected chi connectivity index (χ2v) is 1.95. The van der Waals surface area contributed by atoms with Crippen molar-refractivity contribution in [2.24, 2.45) is 0 Å². The highest BCUT2D eigenvalue weighted by Gasteiger charge is 1.82. The molecule has 0 aromatic heterocycles. The second kappa shape index (κ2) is 8.37. The smallest absolute Gasteiger partial charge is 0.308 e. The molecular weight excluding hydrogens is 128 g/mol. The Balaban J connectivity index is 3.15. The number of unbranched alkanes of at least 4 members (excludes halogenated alkanes) is 1. The van der Waals surface area contributed by atoms with Crippen molar-refractivity contribution in [3.8, 4) is 0 Å². The zero-order valence-corrected chi connectivity index (χ0v) is 6.42. The van der Waals surface area contributed by atoms with Gasteiger partial charge in [0, 0.05) is 6.08 Å². The first kappa shape index (κ1) is 9.37. The Labute approximate surface area is 61.9 Å². The van der Waals surface area contributed by atoms with E-state index in [4.69, 9.17) is 9.53 Å². The van der Waals surface area contributed by atoms with Crippen LogP contribution in [0.15, 0.2) is 12.2 Å². The lowest BCUT2D eigenvalue weighted by molar-refractivity contribution is -0.454. The molecule has 0 saturated heterocycles. The molecule has 10 heavy (non-hydrogen) atoms. The van der Waals surface area contributed by atoms with Gasteiger partial charge in [-0.1, -0.05) is 19.4 Å². The molecule has 0 fully saturated rings. The van der Waals surface area contributed by atoms with Crippen LogP contribution in [0.1, 0.15) is 19.8 Å². The Morgan fingerprint density at radius 1 is 1.50 bits per heavy atom. The first-order chi connectivity index (χ1) is 4.91. The molecule has 0 aliphatic carbocycles. The summed E-state index contributed by atoms with van der Waals surface area (Å²) >= 11 is 0. The van der Waals surface area contributed by atoms with Gasteiger partial charge >= 0.3 is 6.29 Å². The molecule has 0 saturated carbocycles. The number of aliphatic hydroxyl groups excluding tert-OH is 1. The predicted molar refractivity (Wildman–Crippen MR) is 42.1 cm³/mol. The molecule has 1 N–H and O–H groups in total. The van der Waals surface area contributed by atoms with Crippen molar-refractivity contribution in [1.82, 2.24) is 0 Å². The SMILES string of the molecule is CCC/C=C/C=[O+]CCO. The lowest BCUT2D eigenvalue weighted by atomic mass is 10.3. The molecule has 2 nitrogen and oxygen atoms in total. The second-order valence-electron chi connectivity index (χ2n) is 1.95. The quantitative estimate of drug-likeness (QED) is 0.348. The summed E-state index contributed by atoms with van der Waals surface area (Å²) in [6, 6.07) is 0. The molecule has 0 spiro atoms. The fraction of sp³-hybridized carbons (Fsp3) is 0.625. The third kappa shape index (κ3) is 7.37. The Kier molecular flexibility index (Phi) is 7.84. The van der Waals surface area contributed by atoms with E-state index in [-0.39, 0.29) is 6.61 Å². The molecule has 58 valence electrons. The largest absolute Gasteiger partial charge is 0.387 e. The number of carbonyl (C=O) groups excluding carboxylic acids is 1. The minimum Gasteiger partial charge on any atom is -0.387 e. The van der Waals surface area contributed by atoms with E-state index >= 15 is 0 Å². The van der Waals surface area contributed by atoms with E-state index < -0.39 is 0 Å². The third-order valence-corrected chi connectivity index (χ3v) is 0.975. The number of aliphatic hydroxyl groups is 1. The van der Waals surface area contributed by atoms with Gasteiger partial charge in [-0.15, -0.1) is 0 Å². The van der Waals surface area contributed by atoms with Gasteiger partial charge in [-0.05, 0) is 6.42 Å². The first-order valence-corrected chi connectivity index (χ1v) is 3.62. The maximum Gasteiger partial charge on any atom is 0.308 e. The lowest BCUT2D eigenvalue weighted by Crippen LogP contribution is -1.91. The van der Waals surface area contributed by atoms with E-state index in [2.05, 4.69) is 6.92 Å². The van der Waals surface area contributed by atoms with Gasteiger partial charge in [0.1, 0.15) is 6.61 Å². The van der Waals surface area contributed by atoms with Crippen molar-refractivity contribution in [1.29, 1.82) is 0 Å². The molecule has 0 unspecified atom stereocenters. The van der Waals surface area contributed by atoms with Gasteiger partial charge in [-0.3, -0.25) is 4.42 Å². The number of allylic oxidation sites excluding steroid dienone is 2. The molecule has 2 heteroatoms. The Bertz CT molecular complexity index is 91.8. The summed E-state index contributed by atoms with van der Waals surface area (Å²) in [7, 11) is 0. The number of aldehydes is 1. The maximum atomic E-state index is 8.30. The number of rotatable bonds is 5. The minimum absolute atomic E-state index is 0.0815. The first-order valence-electron chi connectivity index (χ1n) is 3.62. The van der Waals surface area contributed by atoms with Crippen LogP contribution in [0.4, 0.5) is 0 Å². The van der Waals surface area contributed by atoms with Gasteiger partial charge < -0.3 is 5.11 Å². The van der Waals surface area contributed by atoms with Crippen LogP contribution < -0.4 is 0 Å². The van der Waals surface area contributed by atoms with Gasteiger partial charge in [-0.2, -0.15) is 0 Å². The molecule has 0 aliphatic heterocycles. The summed E-state index contributed by atoms with van der Waals surface area (Å²) in [4.78, 5) is 0. The molecule has 0 aliphatic rings. The molecule has 0 atom stereocenters. The van der Waals surface area contributed by atoms with E-state index in [0.29, 0.717) is 6.61 Å². The van der Waals surface area contributed by atoms with Crippen LogP contribution >= 0.6 is 0 Å². The minimum atomic E-state index is 0.0815. The van der Waals surface area contributed by atoms with Gasteiger partial charge in [-0.25, -0.2) is 0 Å². The molecular formula is C8H15O2+. The van der Waals surface area contributed by atoms with Gasteiger partial charge in [0.2, 0.25) is 0 Å². The molecule has 0 bridgehead atoms. The van der Waals surface area contributed by atoms with Crippen LogP contribution in [0.2, 0.25) is 0 Å². The van der Waals surface area contributed by atoms with E-state index in [1.165, 1.54) is 0 Å². The highest BCUT2D eigenvalue weighted by molar-refractivity contribution is 5.64. The summed E-state index contributed by atoms with van der Waals surface area (Å²) < 4.78 is 4.87. The third-order valence-electron chi connectivity index (χ3n) is 0.975. The summed E-state index contributed by atoms with van der Waals surface area (Å²) in [5, 5.41) is 8.30. The fourth-order valence-electron chi connectivity index (χ4n) is 0.495. The van der Waals surface area contributed by atoms with Gasteiger partial charge in [0.25, 0.3) is 6.61 Å². The standard InChI is InChI=1S/C8H15O2/c1-2-3-4-5-7-10-8-6-9/h4-5,7,9H,2-3,6,8H2,1H3/q+1/b5-4+. The van der Waals surface area contributed by atoms with Crippen LogP contribution in [0.3, 0.4) is 0 Å². The molecule has 0 amide bonds. The van der Waals surface area contributed by atoms with Crippen LogP contribution in [0.5, 0.6) is 0 Å². The molecule has 0 aromatic rings. The van der Waals surface area contributed by atoms with Crippen molar-refractivity contribution in [2.75, 3.05) is 13.2 Å². The number of hydrogen-bond donors (Lipinski definition) is 1. The van der Waals surface area contributed by atoms with E-state index in [9.17, 15) is 0 Å². The van der Waals surface area contributed by atoms with Crippen molar-refractivity contribution >= 4 is 6.29 Å². The average molecular weight is 143 g/mol. The molecule has 0 aromatic carbocycles. The summed E-state index contributed by atoms with van der Waals surface area (Å²) in [5.41, 5.74) is 0.